The molecule has 6 nitrogen and oxygen atoms in total. The summed E-state index contributed by atoms with van der Waals surface area (Å²) < 4.78 is 14.9. The fraction of sp³-hybridized carbons (Fsp3) is 0.0714. The lowest BCUT2D eigenvalue weighted by Crippen LogP contribution is -2.24. The van der Waals surface area contributed by atoms with Gasteiger partial charge >= 0.3 is 0 Å². The van der Waals surface area contributed by atoms with Crippen molar-refractivity contribution in [3.05, 3.63) is 58.2 Å². The van der Waals surface area contributed by atoms with E-state index in [0.717, 1.165) is 9.56 Å². The molecule has 1 aromatic carbocycles. The number of thiophene rings is 1. The van der Waals surface area contributed by atoms with Gasteiger partial charge in [-0.15, -0.1) is 16.4 Å². The second kappa shape index (κ2) is 5.94. The Morgan fingerprint density at radius 2 is 2.14 bits per heavy atom. The van der Waals surface area contributed by atoms with Crippen molar-refractivity contribution in [3.63, 3.8) is 0 Å². The standard InChI is InChI=1S/C14H12FN5OS/c15-10-5-1-2-6-11(10)20-13(16)12(18-19-20)14(21)17-8-9-4-3-7-22-9/h1-7H,8,16H2,(H,17,21). The number of anilines is 1. The first kappa shape index (κ1) is 14.2. The van der Waals surface area contributed by atoms with Crippen LogP contribution in [0.5, 0.6) is 0 Å². The van der Waals surface area contributed by atoms with E-state index < -0.39 is 11.7 Å². The highest BCUT2D eigenvalue weighted by Gasteiger charge is 2.19. The molecule has 0 bridgehead atoms. The van der Waals surface area contributed by atoms with Crippen molar-refractivity contribution in [2.45, 2.75) is 6.54 Å². The Kier molecular flexibility index (Phi) is 3.84. The maximum atomic E-state index is 13.8. The third-order valence-corrected chi connectivity index (χ3v) is 3.88. The smallest absolute Gasteiger partial charge is 0.276 e. The van der Waals surface area contributed by atoms with Crippen LogP contribution in [-0.2, 0) is 6.54 Å². The van der Waals surface area contributed by atoms with Crippen molar-refractivity contribution in [2.75, 3.05) is 5.73 Å². The van der Waals surface area contributed by atoms with Gasteiger partial charge in [0, 0.05) is 4.88 Å². The number of hydrogen-bond donors (Lipinski definition) is 2. The molecule has 0 atom stereocenters. The van der Waals surface area contributed by atoms with Crippen molar-refractivity contribution < 1.29 is 9.18 Å². The second-order valence-corrected chi connectivity index (χ2v) is 5.48. The van der Waals surface area contributed by atoms with Gasteiger partial charge in [-0.2, -0.15) is 4.68 Å². The Labute approximate surface area is 129 Å². The third kappa shape index (κ3) is 2.68. The molecule has 2 aromatic heterocycles. The first-order valence-electron chi connectivity index (χ1n) is 6.43. The molecule has 0 saturated heterocycles. The summed E-state index contributed by atoms with van der Waals surface area (Å²) in [6.45, 7) is 0.377. The molecule has 2 heterocycles. The molecule has 22 heavy (non-hydrogen) atoms. The van der Waals surface area contributed by atoms with Crippen LogP contribution >= 0.6 is 11.3 Å². The molecule has 0 aliphatic carbocycles. The monoisotopic (exact) mass is 317 g/mol. The summed E-state index contributed by atoms with van der Waals surface area (Å²) in [6.07, 6.45) is 0. The maximum Gasteiger partial charge on any atom is 0.276 e. The number of hydrogen-bond acceptors (Lipinski definition) is 5. The molecule has 3 N–H and O–H groups in total. The lowest BCUT2D eigenvalue weighted by Gasteiger charge is -2.05. The highest BCUT2D eigenvalue weighted by atomic mass is 32.1. The third-order valence-electron chi connectivity index (χ3n) is 3.00. The number of para-hydroxylation sites is 1. The number of rotatable bonds is 4. The van der Waals surface area contributed by atoms with Gasteiger partial charge in [0.05, 0.1) is 6.54 Å². The Morgan fingerprint density at radius 1 is 1.32 bits per heavy atom. The summed E-state index contributed by atoms with van der Waals surface area (Å²) in [7, 11) is 0. The van der Waals surface area contributed by atoms with Crippen LogP contribution in [0.15, 0.2) is 41.8 Å². The molecule has 3 aromatic rings. The number of benzene rings is 1. The quantitative estimate of drug-likeness (QED) is 0.770. The molecular formula is C14H12FN5OS. The Hall–Kier alpha value is -2.74. The number of carbonyl (C=O) groups is 1. The largest absolute Gasteiger partial charge is 0.382 e. The first-order valence-corrected chi connectivity index (χ1v) is 7.31. The topological polar surface area (TPSA) is 85.8 Å². The van der Waals surface area contributed by atoms with Crippen LogP contribution in [0.4, 0.5) is 10.2 Å². The Balaban J connectivity index is 1.81. The molecule has 0 spiro atoms. The van der Waals surface area contributed by atoms with E-state index in [-0.39, 0.29) is 17.2 Å². The van der Waals surface area contributed by atoms with E-state index in [1.54, 1.807) is 12.1 Å². The van der Waals surface area contributed by atoms with Gasteiger partial charge in [-0.3, -0.25) is 4.79 Å². The molecule has 0 unspecified atom stereocenters. The summed E-state index contributed by atoms with van der Waals surface area (Å²) in [6, 6.07) is 9.80. The lowest BCUT2D eigenvalue weighted by molar-refractivity contribution is 0.0947. The van der Waals surface area contributed by atoms with Crippen LogP contribution in [0.3, 0.4) is 0 Å². The van der Waals surface area contributed by atoms with Crippen LogP contribution in [-0.4, -0.2) is 20.9 Å². The Morgan fingerprint density at radius 3 is 2.86 bits per heavy atom. The van der Waals surface area contributed by atoms with E-state index in [1.807, 2.05) is 17.5 Å². The summed E-state index contributed by atoms with van der Waals surface area (Å²) in [5.41, 5.74) is 5.98. The van der Waals surface area contributed by atoms with Crippen molar-refractivity contribution in [1.29, 1.82) is 0 Å². The average Bonchev–Trinajstić information content (AvgIpc) is 3.15. The van der Waals surface area contributed by atoms with Gasteiger partial charge in [-0.25, -0.2) is 4.39 Å². The minimum absolute atomic E-state index is 0.00576. The number of carbonyl (C=O) groups excluding carboxylic acids is 1. The van der Waals surface area contributed by atoms with Crippen molar-refractivity contribution in [1.82, 2.24) is 20.3 Å². The molecule has 112 valence electrons. The Bertz CT molecular complexity index is 799. The zero-order valence-corrected chi connectivity index (χ0v) is 12.2. The van der Waals surface area contributed by atoms with E-state index in [1.165, 1.54) is 23.5 Å². The van der Waals surface area contributed by atoms with Crippen molar-refractivity contribution >= 4 is 23.1 Å². The van der Waals surface area contributed by atoms with Crippen LogP contribution in [0.1, 0.15) is 15.4 Å². The number of nitrogens with zero attached hydrogens (tertiary/aromatic N) is 3. The van der Waals surface area contributed by atoms with Crippen LogP contribution in [0.25, 0.3) is 5.69 Å². The van der Waals surface area contributed by atoms with E-state index in [9.17, 15) is 9.18 Å². The molecule has 0 aliphatic heterocycles. The minimum atomic E-state index is -0.496. The van der Waals surface area contributed by atoms with Gasteiger partial charge in [-0.05, 0) is 23.6 Å². The number of nitrogens with two attached hydrogens (primary N) is 1. The summed E-state index contributed by atoms with van der Waals surface area (Å²) in [5.74, 6) is -0.952. The zero-order chi connectivity index (χ0) is 15.5. The second-order valence-electron chi connectivity index (χ2n) is 4.45. The van der Waals surface area contributed by atoms with Gasteiger partial charge in [0.1, 0.15) is 11.5 Å². The number of nitrogen functional groups attached to an aromatic ring is 1. The van der Waals surface area contributed by atoms with E-state index in [2.05, 4.69) is 15.6 Å². The fourth-order valence-electron chi connectivity index (χ4n) is 1.92. The molecule has 0 fully saturated rings. The van der Waals surface area contributed by atoms with Gasteiger partial charge < -0.3 is 11.1 Å². The van der Waals surface area contributed by atoms with Crippen molar-refractivity contribution in [3.8, 4) is 5.69 Å². The molecule has 0 saturated carbocycles. The van der Waals surface area contributed by atoms with Crippen molar-refractivity contribution in [2.24, 2.45) is 0 Å². The van der Waals surface area contributed by atoms with Crippen LogP contribution in [0.2, 0.25) is 0 Å². The van der Waals surface area contributed by atoms with Gasteiger partial charge in [-0.1, -0.05) is 23.4 Å². The zero-order valence-electron chi connectivity index (χ0n) is 11.4. The molecule has 0 radical (unpaired) electrons. The summed E-state index contributed by atoms with van der Waals surface area (Å²) >= 11 is 1.53. The van der Waals surface area contributed by atoms with Gasteiger partial charge in [0.2, 0.25) is 0 Å². The number of amides is 1. The van der Waals surface area contributed by atoms with Crippen LogP contribution < -0.4 is 11.1 Å². The predicted octanol–water partition coefficient (Wildman–Crippen LogP) is 1.98. The van der Waals surface area contributed by atoms with E-state index in [4.69, 9.17) is 5.73 Å². The highest BCUT2D eigenvalue weighted by molar-refractivity contribution is 7.09. The molecule has 3 rings (SSSR count). The number of nitrogens with one attached hydrogen (secondary N) is 1. The molecule has 1 amide bonds. The maximum absolute atomic E-state index is 13.8. The minimum Gasteiger partial charge on any atom is -0.382 e. The predicted molar refractivity (Wildman–Crippen MR) is 81.2 cm³/mol. The molecular weight excluding hydrogens is 305 g/mol. The van der Waals surface area contributed by atoms with E-state index in [0.29, 0.717) is 6.54 Å². The normalized spacial score (nSPS) is 10.6. The molecule has 0 aliphatic rings. The number of halogens is 1. The molecule has 8 heteroatoms. The SMILES string of the molecule is Nc1c(C(=O)NCc2cccs2)nnn1-c1ccccc1F. The highest BCUT2D eigenvalue weighted by Crippen LogP contribution is 2.18. The van der Waals surface area contributed by atoms with E-state index >= 15 is 0 Å². The fourth-order valence-corrected chi connectivity index (χ4v) is 2.56. The van der Waals surface area contributed by atoms with Gasteiger partial charge in [0.25, 0.3) is 5.91 Å². The number of aromatic nitrogens is 3. The van der Waals surface area contributed by atoms with Crippen LogP contribution in [0, 0.1) is 5.82 Å². The summed E-state index contributed by atoms with van der Waals surface area (Å²) in [5, 5.41) is 12.1. The first-order chi connectivity index (χ1) is 10.7. The summed E-state index contributed by atoms with van der Waals surface area (Å²) in [4.78, 5) is 13.1. The average molecular weight is 317 g/mol. The lowest BCUT2D eigenvalue weighted by atomic mass is 10.3. The van der Waals surface area contributed by atoms with Gasteiger partial charge in [0.15, 0.2) is 11.5 Å².